The zero-order chi connectivity index (χ0) is 13.2. The summed E-state index contributed by atoms with van der Waals surface area (Å²) in [6, 6.07) is 7.28. The zero-order valence-corrected chi connectivity index (χ0v) is 10.4. The van der Waals surface area contributed by atoms with Gasteiger partial charge in [-0.25, -0.2) is 0 Å². The van der Waals surface area contributed by atoms with Crippen molar-refractivity contribution >= 4 is 23.3 Å². The summed E-state index contributed by atoms with van der Waals surface area (Å²) in [4.78, 5) is 12.0. The van der Waals surface area contributed by atoms with Gasteiger partial charge in [-0.3, -0.25) is 4.79 Å². The number of amides is 1. The lowest BCUT2D eigenvalue weighted by atomic mass is 10.1. The van der Waals surface area contributed by atoms with Crippen molar-refractivity contribution in [2.45, 2.75) is 19.4 Å². The van der Waals surface area contributed by atoms with Crippen LogP contribution in [0.1, 0.15) is 18.4 Å². The molecule has 1 aliphatic carbocycles. The van der Waals surface area contributed by atoms with Crippen LogP contribution in [0.15, 0.2) is 29.4 Å². The first-order valence-electron chi connectivity index (χ1n) is 5.60. The molecule has 1 aromatic rings. The Bertz CT molecular complexity index is 498. The van der Waals surface area contributed by atoms with Gasteiger partial charge in [0, 0.05) is 11.6 Å². The monoisotopic (exact) mass is 267 g/mol. The average Bonchev–Trinajstić information content (AvgIpc) is 3.18. The van der Waals surface area contributed by atoms with E-state index in [2.05, 4.69) is 10.5 Å². The highest BCUT2D eigenvalue weighted by Gasteiger charge is 2.54. The molecule has 2 rings (SSSR count). The van der Waals surface area contributed by atoms with Crippen molar-refractivity contribution in [3.8, 4) is 0 Å². The minimum atomic E-state index is -0.823. The van der Waals surface area contributed by atoms with Crippen LogP contribution < -0.4 is 11.1 Å². The number of oxime groups is 1. The number of nitrogens with zero attached hydrogens (tertiary/aromatic N) is 1. The maximum absolute atomic E-state index is 12.0. The SMILES string of the molecule is N/C(=N/O)C1(C(=O)NCc2ccccc2Cl)CC1. The molecule has 96 valence electrons. The third-order valence-corrected chi connectivity index (χ3v) is 3.55. The van der Waals surface area contributed by atoms with Gasteiger partial charge in [-0.1, -0.05) is 35.0 Å². The maximum atomic E-state index is 12.0. The van der Waals surface area contributed by atoms with Gasteiger partial charge >= 0.3 is 0 Å². The van der Waals surface area contributed by atoms with Gasteiger partial charge in [0.05, 0.1) is 0 Å². The smallest absolute Gasteiger partial charge is 0.234 e. The minimum Gasteiger partial charge on any atom is -0.409 e. The van der Waals surface area contributed by atoms with Gasteiger partial charge in [-0.15, -0.1) is 0 Å². The van der Waals surface area contributed by atoms with Gasteiger partial charge in [0.25, 0.3) is 0 Å². The lowest BCUT2D eigenvalue weighted by Gasteiger charge is -2.14. The predicted molar refractivity (Wildman–Crippen MR) is 68.4 cm³/mol. The van der Waals surface area contributed by atoms with Crippen molar-refractivity contribution in [1.29, 1.82) is 0 Å². The molecule has 0 saturated heterocycles. The molecule has 1 aliphatic rings. The molecule has 4 N–H and O–H groups in total. The van der Waals surface area contributed by atoms with E-state index in [-0.39, 0.29) is 11.7 Å². The summed E-state index contributed by atoms with van der Waals surface area (Å²) in [5.41, 5.74) is 5.54. The average molecular weight is 268 g/mol. The summed E-state index contributed by atoms with van der Waals surface area (Å²) in [5.74, 6) is -0.253. The number of nitrogens with two attached hydrogens (primary N) is 1. The molecule has 0 unspecified atom stereocenters. The standard InChI is InChI=1S/C12H14ClN3O2/c13-9-4-2-1-3-8(9)7-15-11(17)12(5-6-12)10(14)16-18/h1-4,18H,5-7H2,(H2,14,16)(H,15,17). The third-order valence-electron chi connectivity index (χ3n) is 3.18. The number of carbonyl (C=O) groups is 1. The Kier molecular flexibility index (Phi) is 3.43. The number of hydrogen-bond acceptors (Lipinski definition) is 3. The van der Waals surface area contributed by atoms with Gasteiger partial charge in [0.1, 0.15) is 5.41 Å². The predicted octanol–water partition coefficient (Wildman–Crippen LogP) is 1.48. The van der Waals surface area contributed by atoms with Gasteiger partial charge in [-0.05, 0) is 24.5 Å². The number of benzene rings is 1. The Morgan fingerprint density at radius 2 is 2.17 bits per heavy atom. The van der Waals surface area contributed by atoms with E-state index in [4.69, 9.17) is 22.5 Å². The van der Waals surface area contributed by atoms with Crippen LogP contribution in [0, 0.1) is 5.41 Å². The van der Waals surface area contributed by atoms with Gasteiger partial charge in [-0.2, -0.15) is 0 Å². The van der Waals surface area contributed by atoms with Crippen molar-refractivity contribution in [2.75, 3.05) is 0 Å². The fourth-order valence-corrected chi connectivity index (χ4v) is 2.01. The van der Waals surface area contributed by atoms with Crippen LogP contribution in [0.2, 0.25) is 5.02 Å². The highest BCUT2D eigenvalue weighted by molar-refractivity contribution is 6.31. The molecule has 0 heterocycles. The number of rotatable bonds is 4. The molecule has 1 saturated carbocycles. The molecule has 0 spiro atoms. The molecule has 6 heteroatoms. The number of carbonyl (C=O) groups excluding carboxylic acids is 1. The summed E-state index contributed by atoms with van der Waals surface area (Å²) in [6.45, 7) is 0.332. The van der Waals surface area contributed by atoms with E-state index < -0.39 is 5.41 Å². The molecule has 1 amide bonds. The molecule has 18 heavy (non-hydrogen) atoms. The van der Waals surface area contributed by atoms with Gasteiger partial charge < -0.3 is 16.3 Å². The normalized spacial score (nSPS) is 17.3. The maximum Gasteiger partial charge on any atom is 0.234 e. The molecule has 0 atom stereocenters. The summed E-state index contributed by atoms with van der Waals surface area (Å²) in [7, 11) is 0. The van der Waals surface area contributed by atoms with E-state index in [0.717, 1.165) is 5.56 Å². The van der Waals surface area contributed by atoms with Crippen LogP contribution in [-0.4, -0.2) is 17.0 Å². The van der Waals surface area contributed by atoms with Crippen LogP contribution in [0.25, 0.3) is 0 Å². The van der Waals surface area contributed by atoms with Crippen molar-refractivity contribution < 1.29 is 10.0 Å². The van der Waals surface area contributed by atoms with Crippen LogP contribution in [-0.2, 0) is 11.3 Å². The molecule has 0 bridgehead atoms. The Balaban J connectivity index is 2.00. The molecule has 5 nitrogen and oxygen atoms in total. The zero-order valence-electron chi connectivity index (χ0n) is 9.69. The fourth-order valence-electron chi connectivity index (χ4n) is 1.81. The lowest BCUT2D eigenvalue weighted by molar-refractivity contribution is -0.124. The van der Waals surface area contributed by atoms with Crippen molar-refractivity contribution in [1.82, 2.24) is 5.32 Å². The summed E-state index contributed by atoms with van der Waals surface area (Å²) < 4.78 is 0. The molecule has 0 aliphatic heterocycles. The van der Waals surface area contributed by atoms with Crippen molar-refractivity contribution in [3.05, 3.63) is 34.9 Å². The number of amidine groups is 1. The molecular formula is C12H14ClN3O2. The summed E-state index contributed by atoms with van der Waals surface area (Å²) >= 11 is 5.99. The third kappa shape index (κ3) is 2.26. The van der Waals surface area contributed by atoms with E-state index >= 15 is 0 Å². The highest BCUT2D eigenvalue weighted by atomic mass is 35.5. The second-order valence-corrected chi connectivity index (χ2v) is 4.75. The second kappa shape index (κ2) is 4.86. The van der Waals surface area contributed by atoms with Gasteiger partial charge in [0.2, 0.25) is 5.91 Å². The Morgan fingerprint density at radius 3 is 2.72 bits per heavy atom. The first-order chi connectivity index (χ1) is 8.60. The Labute approximate surface area is 110 Å². The topological polar surface area (TPSA) is 87.7 Å². The lowest BCUT2D eigenvalue weighted by Crippen LogP contribution is -2.40. The second-order valence-electron chi connectivity index (χ2n) is 4.34. The molecule has 1 fully saturated rings. The first-order valence-corrected chi connectivity index (χ1v) is 5.97. The highest BCUT2D eigenvalue weighted by Crippen LogP contribution is 2.46. The number of halogens is 1. The molecule has 1 aromatic carbocycles. The molecular weight excluding hydrogens is 254 g/mol. The van der Waals surface area contributed by atoms with E-state index in [9.17, 15) is 4.79 Å². The molecule has 0 radical (unpaired) electrons. The fraction of sp³-hybridized carbons (Fsp3) is 0.333. The first kappa shape index (κ1) is 12.7. The molecule has 0 aromatic heterocycles. The van der Waals surface area contributed by atoms with Crippen molar-refractivity contribution in [3.63, 3.8) is 0 Å². The number of hydrogen-bond donors (Lipinski definition) is 3. The largest absolute Gasteiger partial charge is 0.409 e. The van der Waals surface area contributed by atoms with Gasteiger partial charge in [0.15, 0.2) is 5.84 Å². The Hall–Kier alpha value is -1.75. The van der Waals surface area contributed by atoms with Crippen molar-refractivity contribution in [2.24, 2.45) is 16.3 Å². The van der Waals surface area contributed by atoms with E-state index in [1.807, 2.05) is 18.2 Å². The van der Waals surface area contributed by atoms with Crippen LogP contribution in [0.4, 0.5) is 0 Å². The van der Waals surface area contributed by atoms with Crippen LogP contribution in [0.3, 0.4) is 0 Å². The van der Waals surface area contributed by atoms with E-state index in [0.29, 0.717) is 24.4 Å². The number of nitrogens with one attached hydrogen (secondary N) is 1. The van der Waals surface area contributed by atoms with Crippen LogP contribution >= 0.6 is 11.6 Å². The summed E-state index contributed by atoms with van der Waals surface area (Å²) in [6.07, 6.45) is 1.22. The summed E-state index contributed by atoms with van der Waals surface area (Å²) in [5, 5.41) is 14.9. The quantitative estimate of drug-likeness (QED) is 0.334. The minimum absolute atomic E-state index is 0.0286. The van der Waals surface area contributed by atoms with E-state index in [1.54, 1.807) is 6.07 Å². The van der Waals surface area contributed by atoms with Crippen LogP contribution in [0.5, 0.6) is 0 Å². The van der Waals surface area contributed by atoms with E-state index in [1.165, 1.54) is 0 Å². The Morgan fingerprint density at radius 1 is 1.50 bits per heavy atom.